The Balaban J connectivity index is 2.40. The molecule has 108 valence electrons. The van der Waals surface area contributed by atoms with Crippen LogP contribution in [0.4, 0.5) is 0 Å². The van der Waals surface area contributed by atoms with E-state index < -0.39 is 0 Å². The Morgan fingerprint density at radius 2 is 1.65 bits per heavy atom. The monoisotopic (exact) mass is 307 g/mol. The molecule has 2 rings (SSSR count). The first-order valence-electron chi connectivity index (χ1n) is 6.86. The van der Waals surface area contributed by atoms with Crippen molar-refractivity contribution in [1.82, 2.24) is 4.98 Å². The van der Waals surface area contributed by atoms with E-state index in [-0.39, 0.29) is 10.8 Å². The van der Waals surface area contributed by atoms with E-state index in [4.69, 9.17) is 11.6 Å². The van der Waals surface area contributed by atoms with Crippen LogP contribution in [0.15, 0.2) is 24.4 Å². The van der Waals surface area contributed by atoms with Gasteiger partial charge in [0.1, 0.15) is 5.01 Å². The average Bonchev–Trinajstić information content (AvgIpc) is 2.75. The fourth-order valence-corrected chi connectivity index (χ4v) is 3.44. The number of nitrogens with zero attached hydrogens (tertiary/aromatic N) is 1. The van der Waals surface area contributed by atoms with Crippen LogP contribution in [-0.4, -0.2) is 4.98 Å². The molecule has 0 aliphatic rings. The summed E-state index contributed by atoms with van der Waals surface area (Å²) in [5.74, 6) is 0. The highest BCUT2D eigenvalue weighted by molar-refractivity contribution is 7.15. The van der Waals surface area contributed by atoms with E-state index in [1.165, 1.54) is 10.4 Å². The third kappa shape index (κ3) is 3.24. The summed E-state index contributed by atoms with van der Waals surface area (Å²) in [6, 6.07) is 6.28. The largest absolute Gasteiger partial charge is 0.244 e. The molecule has 2 aromatic rings. The summed E-state index contributed by atoms with van der Waals surface area (Å²) in [5.41, 5.74) is 2.49. The van der Waals surface area contributed by atoms with Gasteiger partial charge in [0.05, 0.1) is 0 Å². The lowest BCUT2D eigenvalue weighted by molar-refractivity contribution is 0.590. The molecule has 0 fully saturated rings. The first-order valence-corrected chi connectivity index (χ1v) is 8.05. The normalized spacial score (nSPS) is 12.8. The summed E-state index contributed by atoms with van der Waals surface area (Å²) in [4.78, 5) is 5.84. The maximum absolute atomic E-state index is 6.44. The van der Waals surface area contributed by atoms with E-state index in [1.54, 1.807) is 11.3 Å². The van der Waals surface area contributed by atoms with Gasteiger partial charge in [0.2, 0.25) is 0 Å². The molecule has 0 saturated carbocycles. The third-order valence-electron chi connectivity index (χ3n) is 3.27. The van der Waals surface area contributed by atoms with Crippen molar-refractivity contribution in [1.29, 1.82) is 0 Å². The Hall–Kier alpha value is -0.860. The molecule has 3 heteroatoms. The predicted octanol–water partition coefficient (Wildman–Crippen LogP) is 6.06. The zero-order valence-corrected chi connectivity index (χ0v) is 14.6. The molecule has 0 spiro atoms. The van der Waals surface area contributed by atoms with Crippen LogP contribution in [0.2, 0.25) is 5.02 Å². The summed E-state index contributed by atoms with van der Waals surface area (Å²) < 4.78 is 0. The lowest BCUT2D eigenvalue weighted by Gasteiger charge is -2.20. The first-order chi connectivity index (χ1) is 9.09. The number of rotatable bonds is 1. The van der Waals surface area contributed by atoms with Gasteiger partial charge >= 0.3 is 0 Å². The minimum absolute atomic E-state index is 0.0645. The Morgan fingerprint density at radius 3 is 2.10 bits per heavy atom. The van der Waals surface area contributed by atoms with Crippen LogP contribution in [0.5, 0.6) is 0 Å². The van der Waals surface area contributed by atoms with Crippen molar-refractivity contribution in [2.24, 2.45) is 0 Å². The Labute approximate surface area is 131 Å². The molecule has 0 bridgehead atoms. The molecule has 0 N–H and O–H groups in total. The zero-order chi connectivity index (χ0) is 15.1. The minimum atomic E-state index is 0.0645. The van der Waals surface area contributed by atoms with Crippen LogP contribution in [0.1, 0.15) is 52.0 Å². The van der Waals surface area contributed by atoms with Crippen LogP contribution >= 0.6 is 22.9 Å². The van der Waals surface area contributed by atoms with Crippen molar-refractivity contribution < 1.29 is 0 Å². The van der Waals surface area contributed by atoms with E-state index in [0.717, 1.165) is 15.6 Å². The standard InChI is InChI=1S/C17H22ClNS/c1-16(2,3)12-8-7-11(9-13(12)18)15-19-10-14(20-15)17(4,5)6/h7-10H,1-6H3. The molecular formula is C17H22ClNS. The van der Waals surface area contributed by atoms with Gasteiger partial charge in [-0.2, -0.15) is 0 Å². The molecule has 0 saturated heterocycles. The van der Waals surface area contributed by atoms with Crippen LogP contribution in [0.3, 0.4) is 0 Å². The molecule has 1 nitrogen and oxygen atoms in total. The third-order valence-corrected chi connectivity index (χ3v) is 5.05. The van der Waals surface area contributed by atoms with Crippen LogP contribution in [0, 0.1) is 0 Å². The number of hydrogen-bond acceptors (Lipinski definition) is 2. The van der Waals surface area contributed by atoms with E-state index >= 15 is 0 Å². The molecule has 0 amide bonds. The Bertz CT molecular complexity index is 615. The van der Waals surface area contributed by atoms with Crippen LogP contribution < -0.4 is 0 Å². The molecule has 1 heterocycles. The SMILES string of the molecule is CC(C)(C)c1cnc(-c2ccc(C(C)(C)C)c(Cl)c2)s1. The van der Waals surface area contributed by atoms with Gasteiger partial charge in [0.25, 0.3) is 0 Å². The Kier molecular flexibility index (Phi) is 4.01. The lowest BCUT2D eigenvalue weighted by atomic mass is 9.86. The number of aromatic nitrogens is 1. The second-order valence-corrected chi connectivity index (χ2v) is 8.66. The molecular weight excluding hydrogens is 286 g/mol. The fourth-order valence-electron chi connectivity index (χ4n) is 2.01. The van der Waals surface area contributed by atoms with E-state index in [1.807, 2.05) is 12.3 Å². The van der Waals surface area contributed by atoms with Crippen molar-refractivity contribution in [3.8, 4) is 10.6 Å². The maximum atomic E-state index is 6.44. The van der Waals surface area contributed by atoms with Gasteiger partial charge in [-0.05, 0) is 22.5 Å². The summed E-state index contributed by atoms with van der Waals surface area (Å²) >= 11 is 8.18. The molecule has 1 aromatic carbocycles. The van der Waals surface area contributed by atoms with Crippen molar-refractivity contribution in [2.45, 2.75) is 52.4 Å². The second kappa shape index (κ2) is 5.16. The number of benzene rings is 1. The summed E-state index contributed by atoms with van der Waals surface area (Å²) in [5, 5.41) is 1.86. The smallest absolute Gasteiger partial charge is 0.123 e. The second-order valence-electron chi connectivity index (χ2n) is 7.22. The lowest BCUT2D eigenvalue weighted by Crippen LogP contribution is -2.11. The number of halogens is 1. The molecule has 0 unspecified atom stereocenters. The van der Waals surface area contributed by atoms with Crippen LogP contribution in [0.25, 0.3) is 10.6 Å². The Morgan fingerprint density at radius 1 is 1.00 bits per heavy atom. The van der Waals surface area contributed by atoms with Crippen molar-refractivity contribution in [3.05, 3.63) is 39.9 Å². The van der Waals surface area contributed by atoms with Gasteiger partial charge in [-0.15, -0.1) is 11.3 Å². The van der Waals surface area contributed by atoms with Crippen LogP contribution in [-0.2, 0) is 10.8 Å². The molecule has 1 aromatic heterocycles. The van der Waals surface area contributed by atoms with Gasteiger partial charge in [-0.3, -0.25) is 0 Å². The number of thiazole rings is 1. The van der Waals surface area contributed by atoms with E-state index in [2.05, 4.69) is 58.7 Å². The highest BCUT2D eigenvalue weighted by Gasteiger charge is 2.20. The summed E-state index contributed by atoms with van der Waals surface area (Å²) in [6.45, 7) is 13.2. The summed E-state index contributed by atoms with van der Waals surface area (Å²) in [6.07, 6.45) is 1.98. The highest BCUT2D eigenvalue weighted by atomic mass is 35.5. The van der Waals surface area contributed by atoms with Crippen molar-refractivity contribution >= 4 is 22.9 Å². The van der Waals surface area contributed by atoms with E-state index in [9.17, 15) is 0 Å². The van der Waals surface area contributed by atoms with Gasteiger partial charge in [-0.25, -0.2) is 4.98 Å². The molecule has 0 atom stereocenters. The molecule has 0 aliphatic carbocycles. The van der Waals surface area contributed by atoms with Gasteiger partial charge in [0.15, 0.2) is 0 Å². The molecule has 0 radical (unpaired) electrons. The summed E-state index contributed by atoms with van der Waals surface area (Å²) in [7, 11) is 0. The number of hydrogen-bond donors (Lipinski definition) is 0. The van der Waals surface area contributed by atoms with Gasteiger partial charge < -0.3 is 0 Å². The maximum Gasteiger partial charge on any atom is 0.123 e. The highest BCUT2D eigenvalue weighted by Crippen LogP contribution is 2.36. The van der Waals surface area contributed by atoms with Crippen molar-refractivity contribution in [3.63, 3.8) is 0 Å². The fraction of sp³-hybridized carbons (Fsp3) is 0.471. The molecule has 20 heavy (non-hydrogen) atoms. The minimum Gasteiger partial charge on any atom is -0.244 e. The zero-order valence-electron chi connectivity index (χ0n) is 13.0. The first kappa shape index (κ1) is 15.5. The molecule has 0 aliphatic heterocycles. The predicted molar refractivity (Wildman–Crippen MR) is 90.0 cm³/mol. The topological polar surface area (TPSA) is 12.9 Å². The van der Waals surface area contributed by atoms with Crippen molar-refractivity contribution in [2.75, 3.05) is 0 Å². The van der Waals surface area contributed by atoms with E-state index in [0.29, 0.717) is 0 Å². The van der Waals surface area contributed by atoms with Gasteiger partial charge in [-0.1, -0.05) is 65.3 Å². The quantitative estimate of drug-likeness (QED) is 0.624. The average molecular weight is 308 g/mol. The van der Waals surface area contributed by atoms with Gasteiger partial charge in [0, 0.05) is 21.7 Å².